The molecule has 0 aromatic heterocycles. The Kier molecular flexibility index (Phi) is 5.34. The predicted octanol–water partition coefficient (Wildman–Crippen LogP) is 4.13. The second kappa shape index (κ2) is 7.23. The molecule has 0 aliphatic carbocycles. The molecule has 0 aliphatic heterocycles. The van der Waals surface area contributed by atoms with Crippen LogP contribution in [0.1, 0.15) is 30.5 Å². The number of nitrogens with one attached hydrogen (secondary N) is 1. The maximum atomic E-state index is 13.8. The van der Waals surface area contributed by atoms with Gasteiger partial charge in [0, 0.05) is 37.9 Å². The lowest BCUT2D eigenvalue weighted by atomic mass is 10.0. The Morgan fingerprint density at radius 2 is 1.71 bits per heavy atom. The first kappa shape index (κ1) is 15.5. The second-order valence-electron chi connectivity index (χ2n) is 5.42. The summed E-state index contributed by atoms with van der Waals surface area (Å²) in [6.07, 6.45) is 0.858. The molecule has 2 aromatic rings. The Hall–Kier alpha value is -1.87. The van der Waals surface area contributed by atoms with Gasteiger partial charge in [0.1, 0.15) is 5.82 Å². The average Bonchev–Trinajstić information content (AvgIpc) is 2.50. The fraction of sp³-hybridized carbons (Fsp3) is 0.333. The molecule has 112 valence electrons. The molecule has 0 spiro atoms. The van der Waals surface area contributed by atoms with E-state index in [1.54, 1.807) is 6.07 Å². The summed E-state index contributed by atoms with van der Waals surface area (Å²) in [4.78, 5) is 2.07. The molecule has 1 atom stereocenters. The summed E-state index contributed by atoms with van der Waals surface area (Å²) in [5.74, 6) is -0.139. The van der Waals surface area contributed by atoms with E-state index in [1.165, 1.54) is 17.3 Å². The van der Waals surface area contributed by atoms with Gasteiger partial charge in [0.25, 0.3) is 0 Å². The number of rotatable bonds is 6. The zero-order chi connectivity index (χ0) is 15.2. The Balaban J connectivity index is 2.02. The van der Waals surface area contributed by atoms with Gasteiger partial charge in [0.2, 0.25) is 0 Å². The van der Waals surface area contributed by atoms with Crippen molar-refractivity contribution in [1.29, 1.82) is 0 Å². The van der Waals surface area contributed by atoms with Crippen LogP contribution in [-0.2, 0) is 6.54 Å². The van der Waals surface area contributed by atoms with Crippen LogP contribution in [0.5, 0.6) is 0 Å². The van der Waals surface area contributed by atoms with E-state index >= 15 is 0 Å². The van der Waals surface area contributed by atoms with E-state index < -0.39 is 0 Å². The predicted molar refractivity (Wildman–Crippen MR) is 87.0 cm³/mol. The Bertz CT molecular complexity index is 564. The summed E-state index contributed by atoms with van der Waals surface area (Å²) in [5.41, 5.74) is 3.13. The molecular formula is C18H23FN2. The van der Waals surface area contributed by atoms with Gasteiger partial charge in [-0.1, -0.05) is 37.3 Å². The fourth-order valence-electron chi connectivity index (χ4n) is 2.38. The Morgan fingerprint density at radius 3 is 2.29 bits per heavy atom. The molecule has 1 N–H and O–H groups in total. The zero-order valence-electron chi connectivity index (χ0n) is 12.9. The van der Waals surface area contributed by atoms with Crippen LogP contribution in [-0.4, -0.2) is 14.1 Å². The highest BCUT2D eigenvalue weighted by atomic mass is 19.1. The van der Waals surface area contributed by atoms with Crippen LogP contribution in [0.3, 0.4) is 0 Å². The highest BCUT2D eigenvalue weighted by Gasteiger charge is 2.12. The smallest absolute Gasteiger partial charge is 0.127 e. The minimum atomic E-state index is -0.139. The van der Waals surface area contributed by atoms with Crippen molar-refractivity contribution in [3.63, 3.8) is 0 Å². The molecule has 0 saturated carbocycles. The van der Waals surface area contributed by atoms with Gasteiger partial charge in [-0.25, -0.2) is 4.39 Å². The molecule has 0 radical (unpaired) electrons. The summed E-state index contributed by atoms with van der Waals surface area (Å²) in [6, 6.07) is 15.4. The maximum absolute atomic E-state index is 13.8. The van der Waals surface area contributed by atoms with E-state index in [9.17, 15) is 4.39 Å². The summed E-state index contributed by atoms with van der Waals surface area (Å²) in [5, 5.41) is 3.44. The summed E-state index contributed by atoms with van der Waals surface area (Å²) >= 11 is 0. The highest BCUT2D eigenvalue weighted by Crippen LogP contribution is 2.20. The molecule has 0 bridgehead atoms. The van der Waals surface area contributed by atoms with Gasteiger partial charge in [-0.05, 0) is 30.2 Å². The zero-order valence-corrected chi connectivity index (χ0v) is 12.9. The first-order chi connectivity index (χ1) is 10.1. The fourth-order valence-corrected chi connectivity index (χ4v) is 2.38. The summed E-state index contributed by atoms with van der Waals surface area (Å²) < 4.78 is 13.8. The number of benzene rings is 2. The maximum Gasteiger partial charge on any atom is 0.127 e. The van der Waals surface area contributed by atoms with Gasteiger partial charge in [-0.2, -0.15) is 0 Å². The molecular weight excluding hydrogens is 263 g/mol. The lowest BCUT2D eigenvalue weighted by Gasteiger charge is -2.19. The minimum absolute atomic E-state index is 0.0414. The third kappa shape index (κ3) is 4.05. The van der Waals surface area contributed by atoms with E-state index in [4.69, 9.17) is 0 Å². The van der Waals surface area contributed by atoms with Crippen LogP contribution in [0.2, 0.25) is 0 Å². The number of anilines is 1. The van der Waals surface area contributed by atoms with Crippen molar-refractivity contribution in [2.75, 3.05) is 19.0 Å². The molecule has 0 aliphatic rings. The Labute approximate surface area is 126 Å². The molecule has 0 saturated heterocycles. The average molecular weight is 286 g/mol. The van der Waals surface area contributed by atoms with Gasteiger partial charge in [-0.3, -0.25) is 0 Å². The Morgan fingerprint density at radius 1 is 1.05 bits per heavy atom. The van der Waals surface area contributed by atoms with Crippen molar-refractivity contribution in [2.45, 2.75) is 25.9 Å². The SMILES string of the molecule is CCC(NCc1ccc(N(C)C)cc1)c1ccccc1F. The van der Waals surface area contributed by atoms with E-state index in [0.29, 0.717) is 0 Å². The van der Waals surface area contributed by atoms with Crippen LogP contribution in [0.4, 0.5) is 10.1 Å². The number of nitrogens with zero attached hydrogens (tertiary/aromatic N) is 1. The number of halogens is 1. The normalized spacial score (nSPS) is 12.2. The van der Waals surface area contributed by atoms with E-state index in [1.807, 2.05) is 26.2 Å². The van der Waals surface area contributed by atoms with Crippen molar-refractivity contribution >= 4 is 5.69 Å². The third-order valence-corrected chi connectivity index (χ3v) is 3.69. The van der Waals surface area contributed by atoms with Gasteiger partial charge in [-0.15, -0.1) is 0 Å². The molecule has 0 fully saturated rings. The third-order valence-electron chi connectivity index (χ3n) is 3.69. The molecule has 0 amide bonds. The topological polar surface area (TPSA) is 15.3 Å². The van der Waals surface area contributed by atoms with Crippen LogP contribution in [0, 0.1) is 5.82 Å². The van der Waals surface area contributed by atoms with Crippen molar-refractivity contribution in [1.82, 2.24) is 5.32 Å². The lowest BCUT2D eigenvalue weighted by Crippen LogP contribution is -2.21. The standard InChI is InChI=1S/C18H23FN2/c1-4-18(16-7-5-6-8-17(16)19)20-13-14-9-11-15(12-10-14)21(2)3/h5-12,18,20H,4,13H2,1-3H3. The van der Waals surface area contributed by atoms with Crippen molar-refractivity contribution in [3.8, 4) is 0 Å². The summed E-state index contributed by atoms with van der Waals surface area (Å²) in [7, 11) is 4.05. The first-order valence-electron chi connectivity index (χ1n) is 7.36. The van der Waals surface area contributed by atoms with Crippen molar-refractivity contribution in [3.05, 3.63) is 65.5 Å². The van der Waals surface area contributed by atoms with Gasteiger partial charge in [0.15, 0.2) is 0 Å². The van der Waals surface area contributed by atoms with Gasteiger partial charge in [0.05, 0.1) is 0 Å². The quantitative estimate of drug-likeness (QED) is 0.859. The first-order valence-corrected chi connectivity index (χ1v) is 7.36. The van der Waals surface area contributed by atoms with E-state index in [2.05, 4.69) is 41.4 Å². The molecule has 2 rings (SSSR count). The monoisotopic (exact) mass is 286 g/mol. The van der Waals surface area contributed by atoms with Crippen molar-refractivity contribution in [2.24, 2.45) is 0 Å². The van der Waals surface area contributed by atoms with Gasteiger partial charge < -0.3 is 10.2 Å². The molecule has 1 unspecified atom stereocenters. The van der Waals surface area contributed by atoms with Crippen molar-refractivity contribution < 1.29 is 4.39 Å². The van der Waals surface area contributed by atoms with Crippen LogP contribution < -0.4 is 10.2 Å². The highest BCUT2D eigenvalue weighted by molar-refractivity contribution is 5.46. The summed E-state index contributed by atoms with van der Waals surface area (Å²) in [6.45, 7) is 2.81. The molecule has 3 heteroatoms. The largest absolute Gasteiger partial charge is 0.378 e. The van der Waals surface area contributed by atoms with Gasteiger partial charge >= 0.3 is 0 Å². The molecule has 2 nitrogen and oxygen atoms in total. The molecule has 21 heavy (non-hydrogen) atoms. The van der Waals surface area contributed by atoms with E-state index in [-0.39, 0.29) is 11.9 Å². The van der Waals surface area contributed by atoms with Crippen LogP contribution >= 0.6 is 0 Å². The van der Waals surface area contributed by atoms with Crippen LogP contribution in [0.25, 0.3) is 0 Å². The van der Waals surface area contributed by atoms with E-state index in [0.717, 1.165) is 18.5 Å². The van der Waals surface area contributed by atoms with Crippen LogP contribution in [0.15, 0.2) is 48.5 Å². The number of hydrogen-bond donors (Lipinski definition) is 1. The molecule has 0 heterocycles. The lowest BCUT2D eigenvalue weighted by molar-refractivity contribution is 0.488. The molecule has 2 aromatic carbocycles. The minimum Gasteiger partial charge on any atom is -0.378 e. The number of hydrogen-bond acceptors (Lipinski definition) is 2. The second-order valence-corrected chi connectivity index (χ2v) is 5.42.